The molecule has 2 atom stereocenters. The molecule has 174 valence electrons. The van der Waals surface area contributed by atoms with Gasteiger partial charge in [0.15, 0.2) is 5.82 Å². The third kappa shape index (κ3) is 4.47. The number of pyridine rings is 1. The number of fused-ring (bicyclic) bond motifs is 2. The third-order valence-corrected chi connectivity index (χ3v) is 7.51. The van der Waals surface area contributed by atoms with Gasteiger partial charge in [-0.05, 0) is 75.3 Å². The Labute approximate surface area is 195 Å². The first-order chi connectivity index (χ1) is 16.1. The van der Waals surface area contributed by atoms with Crippen molar-refractivity contribution >= 4 is 29.1 Å². The van der Waals surface area contributed by atoms with E-state index in [0.29, 0.717) is 34.7 Å². The Morgan fingerprint density at radius 1 is 1.18 bits per heavy atom. The second-order valence-corrected chi connectivity index (χ2v) is 9.64. The van der Waals surface area contributed by atoms with Crippen molar-refractivity contribution in [2.75, 3.05) is 29.9 Å². The van der Waals surface area contributed by atoms with E-state index in [1.807, 2.05) is 29.2 Å². The molecule has 2 aliphatic heterocycles. The van der Waals surface area contributed by atoms with E-state index in [2.05, 4.69) is 22.5 Å². The molecule has 3 aliphatic rings. The number of nitrogens with zero attached hydrogens (tertiary/aromatic N) is 3. The second kappa shape index (κ2) is 9.51. The minimum atomic E-state index is -0.248. The van der Waals surface area contributed by atoms with Gasteiger partial charge in [0.1, 0.15) is 0 Å². The molecule has 1 aromatic heterocycles. The number of rotatable bonds is 5. The van der Waals surface area contributed by atoms with Gasteiger partial charge >= 0.3 is 6.03 Å². The summed E-state index contributed by atoms with van der Waals surface area (Å²) in [7, 11) is 0. The topological polar surface area (TPSA) is 77.6 Å². The molecule has 33 heavy (non-hydrogen) atoms. The molecule has 2 fully saturated rings. The largest absolute Gasteiger partial charge is 0.330 e. The fourth-order valence-corrected chi connectivity index (χ4v) is 5.55. The first-order valence-corrected chi connectivity index (χ1v) is 12.3. The molecular weight excluding hydrogens is 414 g/mol. The molecule has 1 saturated carbocycles. The van der Waals surface area contributed by atoms with Gasteiger partial charge in [-0.25, -0.2) is 14.7 Å². The highest BCUT2D eigenvalue weighted by atomic mass is 16.2. The summed E-state index contributed by atoms with van der Waals surface area (Å²) in [5.74, 6) is 1.45. The molecule has 3 heterocycles. The number of benzene rings is 1. The number of aromatic nitrogens is 1. The van der Waals surface area contributed by atoms with E-state index >= 15 is 0 Å². The van der Waals surface area contributed by atoms with Gasteiger partial charge in [0.2, 0.25) is 0 Å². The van der Waals surface area contributed by atoms with Crippen molar-refractivity contribution in [1.29, 1.82) is 0 Å². The quantitative estimate of drug-likeness (QED) is 0.691. The molecule has 2 aromatic rings. The molecule has 1 aliphatic carbocycles. The fourth-order valence-electron chi connectivity index (χ4n) is 5.55. The van der Waals surface area contributed by atoms with Gasteiger partial charge in [-0.15, -0.1) is 0 Å². The van der Waals surface area contributed by atoms with Crippen LogP contribution in [0.15, 0.2) is 42.6 Å². The van der Waals surface area contributed by atoms with E-state index in [-0.39, 0.29) is 11.9 Å². The first kappa shape index (κ1) is 21.9. The van der Waals surface area contributed by atoms with Gasteiger partial charge < -0.3 is 15.5 Å². The Balaban J connectivity index is 1.28. The van der Waals surface area contributed by atoms with Gasteiger partial charge in [-0.3, -0.25) is 4.79 Å². The van der Waals surface area contributed by atoms with Crippen LogP contribution < -0.4 is 15.5 Å². The van der Waals surface area contributed by atoms with E-state index in [1.165, 1.54) is 25.7 Å². The Bertz CT molecular complexity index is 1020. The van der Waals surface area contributed by atoms with Crippen LogP contribution in [0, 0.1) is 11.8 Å². The van der Waals surface area contributed by atoms with E-state index in [1.54, 1.807) is 23.2 Å². The highest BCUT2D eigenvalue weighted by Crippen LogP contribution is 2.38. The number of carbonyl (C=O) groups is 2. The number of likely N-dealkylation sites (tertiary alicyclic amines) is 1. The molecule has 0 spiro atoms. The van der Waals surface area contributed by atoms with Gasteiger partial charge in [0.25, 0.3) is 5.91 Å². The number of hydrogen-bond acceptors (Lipinski definition) is 4. The van der Waals surface area contributed by atoms with Crippen molar-refractivity contribution in [3.05, 3.63) is 48.2 Å². The van der Waals surface area contributed by atoms with Crippen LogP contribution in [0.4, 0.5) is 22.0 Å². The van der Waals surface area contributed by atoms with Crippen molar-refractivity contribution in [2.45, 2.75) is 51.5 Å². The number of nitrogens with one attached hydrogen (secondary N) is 2. The summed E-state index contributed by atoms with van der Waals surface area (Å²) in [6, 6.07) is 11.3. The van der Waals surface area contributed by atoms with E-state index in [4.69, 9.17) is 0 Å². The first-order valence-electron chi connectivity index (χ1n) is 12.3. The summed E-state index contributed by atoms with van der Waals surface area (Å²) in [5, 5.41) is 6.65. The molecule has 2 N–H and O–H groups in total. The van der Waals surface area contributed by atoms with Crippen LogP contribution in [-0.4, -0.2) is 47.5 Å². The second-order valence-electron chi connectivity index (χ2n) is 9.64. The van der Waals surface area contributed by atoms with Gasteiger partial charge in [-0.1, -0.05) is 25.0 Å². The fraction of sp³-hybridized carbons (Fsp3) is 0.500. The van der Waals surface area contributed by atoms with Gasteiger partial charge in [0, 0.05) is 25.3 Å². The number of hydrogen-bond donors (Lipinski definition) is 2. The molecule has 0 bridgehead atoms. The molecular formula is C26H33N5O2. The molecule has 5 rings (SSSR count). The van der Waals surface area contributed by atoms with Crippen molar-refractivity contribution in [3.63, 3.8) is 0 Å². The van der Waals surface area contributed by atoms with Crippen LogP contribution in [0.3, 0.4) is 0 Å². The standard InChI is InChI=1S/C26H33N5O2/c1-18(20-7-2-3-8-20)27-15-12-19-13-16-30(17-19)26(33)31-23-11-5-4-10-22(23)29-25(32)21-9-6-14-28-24(21)31/h4-6,9-11,14,18-20,27H,2-3,7-8,12-13,15-17H2,1H3,(H,29,32). The highest BCUT2D eigenvalue weighted by molar-refractivity contribution is 6.16. The summed E-state index contributed by atoms with van der Waals surface area (Å²) in [6.07, 6.45) is 9.15. The molecule has 2 unspecified atom stereocenters. The van der Waals surface area contributed by atoms with E-state index in [0.717, 1.165) is 38.4 Å². The van der Waals surface area contributed by atoms with Gasteiger partial charge in [-0.2, -0.15) is 0 Å². The summed E-state index contributed by atoms with van der Waals surface area (Å²) in [4.78, 5) is 34.5. The SMILES string of the molecule is CC(NCCC1CCN(C(=O)N2c3ccccc3NC(=O)c3cccnc32)C1)C1CCCC1. The monoisotopic (exact) mass is 447 g/mol. The van der Waals surface area contributed by atoms with E-state index < -0.39 is 0 Å². The van der Waals surface area contributed by atoms with Crippen LogP contribution in [0.2, 0.25) is 0 Å². The zero-order chi connectivity index (χ0) is 22.8. The summed E-state index contributed by atoms with van der Waals surface area (Å²) in [6.45, 7) is 4.78. The lowest BCUT2D eigenvalue weighted by molar-refractivity contribution is 0.102. The minimum absolute atomic E-state index is 0.117. The minimum Gasteiger partial charge on any atom is -0.324 e. The maximum Gasteiger partial charge on any atom is 0.330 e. The summed E-state index contributed by atoms with van der Waals surface area (Å²) in [5.41, 5.74) is 1.68. The van der Waals surface area contributed by atoms with Crippen molar-refractivity contribution in [1.82, 2.24) is 15.2 Å². The Morgan fingerprint density at radius 3 is 2.85 bits per heavy atom. The smallest absolute Gasteiger partial charge is 0.324 e. The van der Waals surface area contributed by atoms with Crippen LogP contribution >= 0.6 is 0 Å². The Hall–Kier alpha value is -2.93. The number of carbonyl (C=O) groups excluding carboxylic acids is 2. The van der Waals surface area contributed by atoms with Gasteiger partial charge in [0.05, 0.1) is 16.9 Å². The lowest BCUT2D eigenvalue weighted by atomic mass is 9.99. The maximum atomic E-state index is 13.7. The average Bonchev–Trinajstić information content (AvgIpc) is 3.51. The zero-order valence-electron chi connectivity index (χ0n) is 19.3. The number of para-hydroxylation sites is 2. The van der Waals surface area contributed by atoms with Crippen LogP contribution in [0.25, 0.3) is 0 Å². The third-order valence-electron chi connectivity index (χ3n) is 7.51. The predicted octanol–water partition coefficient (Wildman–Crippen LogP) is 4.79. The van der Waals surface area contributed by atoms with E-state index in [9.17, 15) is 9.59 Å². The molecule has 0 radical (unpaired) electrons. The Kier molecular flexibility index (Phi) is 6.31. The summed E-state index contributed by atoms with van der Waals surface area (Å²) < 4.78 is 0. The van der Waals surface area contributed by atoms with Crippen LogP contribution in [0.5, 0.6) is 0 Å². The number of anilines is 3. The highest BCUT2D eigenvalue weighted by Gasteiger charge is 2.35. The summed E-state index contributed by atoms with van der Waals surface area (Å²) >= 11 is 0. The average molecular weight is 448 g/mol. The van der Waals surface area contributed by atoms with Crippen molar-refractivity contribution in [3.8, 4) is 0 Å². The lowest BCUT2D eigenvalue weighted by Crippen LogP contribution is -2.40. The number of urea groups is 1. The number of amides is 3. The molecule has 1 aromatic carbocycles. The normalized spacial score (nSPS) is 21.4. The maximum absolute atomic E-state index is 13.7. The Morgan fingerprint density at radius 2 is 2.00 bits per heavy atom. The zero-order valence-corrected chi connectivity index (χ0v) is 19.3. The molecule has 7 nitrogen and oxygen atoms in total. The van der Waals surface area contributed by atoms with Crippen LogP contribution in [0.1, 0.15) is 55.8 Å². The molecule has 7 heteroatoms. The lowest BCUT2D eigenvalue weighted by Gasteiger charge is -2.28. The van der Waals surface area contributed by atoms with Crippen molar-refractivity contribution < 1.29 is 9.59 Å². The predicted molar refractivity (Wildman–Crippen MR) is 130 cm³/mol. The molecule has 1 saturated heterocycles. The van der Waals surface area contributed by atoms with Crippen molar-refractivity contribution in [2.24, 2.45) is 11.8 Å². The molecule has 3 amide bonds. The van der Waals surface area contributed by atoms with Crippen LogP contribution in [-0.2, 0) is 0 Å².